The molecule has 2 atom stereocenters. The molecule has 0 amide bonds. The molecule has 0 aliphatic rings. The van der Waals surface area contributed by atoms with Gasteiger partial charge in [-0.15, -0.1) is 0 Å². The summed E-state index contributed by atoms with van der Waals surface area (Å²) in [4.78, 5) is 0. The fourth-order valence-electron chi connectivity index (χ4n) is 1.76. The molecule has 0 bridgehead atoms. The van der Waals surface area contributed by atoms with E-state index in [2.05, 4.69) is 27.7 Å². The molecule has 2 unspecified atom stereocenters. The maximum Gasteiger partial charge on any atom is 0.0704 e. The van der Waals surface area contributed by atoms with Gasteiger partial charge in [0.1, 0.15) is 0 Å². The second kappa shape index (κ2) is 11.0. The number of ether oxygens (including phenoxy) is 2. The average molecular weight is 246 g/mol. The minimum atomic E-state index is 0.0850. The van der Waals surface area contributed by atoms with E-state index in [4.69, 9.17) is 14.6 Å². The van der Waals surface area contributed by atoms with Crippen LogP contribution in [-0.4, -0.2) is 37.6 Å². The third-order valence-electron chi connectivity index (χ3n) is 3.28. The van der Waals surface area contributed by atoms with Crippen LogP contribution in [0.15, 0.2) is 0 Å². The molecule has 0 saturated carbocycles. The highest BCUT2D eigenvalue weighted by Crippen LogP contribution is 2.21. The van der Waals surface area contributed by atoms with Crippen LogP contribution < -0.4 is 0 Å². The SMILES string of the molecule is CCCCC(OCCOCCO)C(C)C(C)C. The summed E-state index contributed by atoms with van der Waals surface area (Å²) in [5.74, 6) is 1.23. The third kappa shape index (κ3) is 8.58. The van der Waals surface area contributed by atoms with Gasteiger partial charge in [-0.05, 0) is 18.3 Å². The first-order chi connectivity index (χ1) is 8.13. The second-order valence-electron chi connectivity index (χ2n) is 4.99. The van der Waals surface area contributed by atoms with Gasteiger partial charge >= 0.3 is 0 Å². The van der Waals surface area contributed by atoms with E-state index < -0.39 is 0 Å². The summed E-state index contributed by atoms with van der Waals surface area (Å²) in [6.45, 7) is 10.7. The molecule has 0 radical (unpaired) electrons. The molecule has 3 heteroatoms. The number of aliphatic hydroxyl groups excluding tert-OH is 1. The Balaban J connectivity index is 3.84. The normalized spacial score (nSPS) is 15.2. The molecule has 104 valence electrons. The summed E-state index contributed by atoms with van der Waals surface area (Å²) in [6.07, 6.45) is 3.91. The predicted molar refractivity (Wildman–Crippen MR) is 71.2 cm³/mol. The molecule has 0 heterocycles. The Morgan fingerprint density at radius 1 is 1.06 bits per heavy atom. The molecule has 0 aromatic heterocycles. The lowest BCUT2D eigenvalue weighted by atomic mass is 9.89. The smallest absolute Gasteiger partial charge is 0.0704 e. The first-order valence-electron chi connectivity index (χ1n) is 6.93. The van der Waals surface area contributed by atoms with E-state index in [1.807, 2.05) is 0 Å². The summed E-state index contributed by atoms with van der Waals surface area (Å²) in [5, 5.41) is 8.59. The Morgan fingerprint density at radius 2 is 1.76 bits per heavy atom. The zero-order valence-corrected chi connectivity index (χ0v) is 11.9. The monoisotopic (exact) mass is 246 g/mol. The topological polar surface area (TPSA) is 38.7 Å². The van der Waals surface area contributed by atoms with E-state index >= 15 is 0 Å². The van der Waals surface area contributed by atoms with Crippen molar-refractivity contribution in [1.82, 2.24) is 0 Å². The minimum absolute atomic E-state index is 0.0850. The van der Waals surface area contributed by atoms with Gasteiger partial charge in [0.25, 0.3) is 0 Å². The number of aliphatic hydroxyl groups is 1. The predicted octanol–water partition coefficient (Wildman–Crippen LogP) is 2.86. The number of hydrogen-bond acceptors (Lipinski definition) is 3. The van der Waals surface area contributed by atoms with Crippen LogP contribution in [0.25, 0.3) is 0 Å². The van der Waals surface area contributed by atoms with Crippen molar-refractivity contribution in [2.24, 2.45) is 11.8 Å². The standard InChI is InChI=1S/C14H30O3/c1-5-6-7-14(13(4)12(2)3)17-11-10-16-9-8-15/h12-15H,5-11H2,1-4H3. The molecule has 0 saturated heterocycles. The van der Waals surface area contributed by atoms with Crippen LogP contribution in [-0.2, 0) is 9.47 Å². The fraction of sp³-hybridized carbons (Fsp3) is 1.00. The van der Waals surface area contributed by atoms with E-state index in [0.717, 1.165) is 6.42 Å². The first kappa shape index (κ1) is 16.9. The highest BCUT2D eigenvalue weighted by Gasteiger charge is 2.20. The summed E-state index contributed by atoms with van der Waals surface area (Å²) < 4.78 is 11.1. The van der Waals surface area contributed by atoms with Crippen LogP contribution in [0.1, 0.15) is 47.0 Å². The minimum Gasteiger partial charge on any atom is -0.394 e. The van der Waals surface area contributed by atoms with Gasteiger partial charge in [-0.25, -0.2) is 0 Å². The number of hydrogen-bond donors (Lipinski definition) is 1. The highest BCUT2D eigenvalue weighted by atomic mass is 16.5. The second-order valence-corrected chi connectivity index (χ2v) is 4.99. The van der Waals surface area contributed by atoms with Crippen LogP contribution in [0.5, 0.6) is 0 Å². The summed E-state index contributed by atoms with van der Waals surface area (Å²) in [6, 6.07) is 0. The van der Waals surface area contributed by atoms with Crippen molar-refractivity contribution in [3.8, 4) is 0 Å². The molecule has 17 heavy (non-hydrogen) atoms. The van der Waals surface area contributed by atoms with Crippen molar-refractivity contribution in [3.63, 3.8) is 0 Å². The molecular formula is C14H30O3. The maximum absolute atomic E-state index is 8.59. The molecule has 3 nitrogen and oxygen atoms in total. The van der Waals surface area contributed by atoms with Crippen molar-refractivity contribution in [2.75, 3.05) is 26.4 Å². The first-order valence-corrected chi connectivity index (χ1v) is 6.93. The van der Waals surface area contributed by atoms with Gasteiger partial charge in [0.2, 0.25) is 0 Å². The van der Waals surface area contributed by atoms with Gasteiger partial charge in [-0.3, -0.25) is 0 Å². The molecule has 0 aliphatic heterocycles. The van der Waals surface area contributed by atoms with Crippen molar-refractivity contribution in [1.29, 1.82) is 0 Å². The Morgan fingerprint density at radius 3 is 2.29 bits per heavy atom. The Labute approximate surface area is 107 Å². The van der Waals surface area contributed by atoms with E-state index in [1.54, 1.807) is 0 Å². The van der Waals surface area contributed by atoms with Gasteiger partial charge < -0.3 is 14.6 Å². The average Bonchev–Trinajstić information content (AvgIpc) is 2.31. The van der Waals surface area contributed by atoms with E-state index in [9.17, 15) is 0 Å². The van der Waals surface area contributed by atoms with E-state index in [-0.39, 0.29) is 6.61 Å². The molecule has 1 N–H and O–H groups in total. The molecular weight excluding hydrogens is 216 g/mol. The summed E-state index contributed by atoms with van der Waals surface area (Å²) in [5.41, 5.74) is 0. The van der Waals surface area contributed by atoms with Crippen molar-refractivity contribution in [2.45, 2.75) is 53.1 Å². The summed E-state index contributed by atoms with van der Waals surface area (Å²) >= 11 is 0. The third-order valence-corrected chi connectivity index (χ3v) is 3.28. The Bertz CT molecular complexity index is 160. The van der Waals surface area contributed by atoms with Crippen molar-refractivity contribution < 1.29 is 14.6 Å². The van der Waals surface area contributed by atoms with Gasteiger partial charge in [-0.1, -0.05) is 40.5 Å². The zero-order chi connectivity index (χ0) is 13.1. The molecule has 0 aromatic rings. The van der Waals surface area contributed by atoms with E-state index in [1.165, 1.54) is 12.8 Å². The van der Waals surface area contributed by atoms with Gasteiger partial charge in [-0.2, -0.15) is 0 Å². The van der Waals surface area contributed by atoms with Crippen LogP contribution in [0.2, 0.25) is 0 Å². The summed E-state index contributed by atoms with van der Waals surface area (Å²) in [7, 11) is 0. The van der Waals surface area contributed by atoms with Crippen LogP contribution in [0, 0.1) is 11.8 Å². The molecule has 0 rings (SSSR count). The van der Waals surface area contributed by atoms with Crippen LogP contribution >= 0.6 is 0 Å². The van der Waals surface area contributed by atoms with Crippen LogP contribution in [0.3, 0.4) is 0 Å². The lowest BCUT2D eigenvalue weighted by Gasteiger charge is -2.27. The van der Waals surface area contributed by atoms with Gasteiger partial charge in [0.15, 0.2) is 0 Å². The molecule has 0 aromatic carbocycles. The lowest BCUT2D eigenvalue weighted by molar-refractivity contribution is -0.0353. The zero-order valence-electron chi connectivity index (χ0n) is 11.9. The quantitative estimate of drug-likeness (QED) is 0.570. The Hall–Kier alpha value is -0.120. The van der Waals surface area contributed by atoms with Crippen molar-refractivity contribution in [3.05, 3.63) is 0 Å². The number of rotatable bonds is 11. The van der Waals surface area contributed by atoms with Gasteiger partial charge in [0, 0.05) is 0 Å². The van der Waals surface area contributed by atoms with E-state index in [0.29, 0.717) is 37.8 Å². The fourth-order valence-corrected chi connectivity index (χ4v) is 1.76. The molecule has 0 aliphatic carbocycles. The highest BCUT2D eigenvalue weighted by molar-refractivity contribution is 4.69. The lowest BCUT2D eigenvalue weighted by Crippen LogP contribution is -2.27. The molecule has 0 fully saturated rings. The number of unbranched alkanes of at least 4 members (excludes halogenated alkanes) is 1. The maximum atomic E-state index is 8.59. The van der Waals surface area contributed by atoms with Crippen LogP contribution in [0.4, 0.5) is 0 Å². The Kier molecular flexibility index (Phi) is 10.9. The molecule has 0 spiro atoms. The van der Waals surface area contributed by atoms with Crippen molar-refractivity contribution >= 4 is 0 Å². The van der Waals surface area contributed by atoms with Gasteiger partial charge in [0.05, 0.1) is 32.5 Å². The largest absolute Gasteiger partial charge is 0.394 e.